The molecule has 0 aliphatic rings. The molecule has 2 N–H and O–H groups in total. The van der Waals surface area contributed by atoms with E-state index in [4.69, 9.17) is 0 Å². The zero-order chi connectivity index (χ0) is 38.3. The predicted octanol–water partition coefficient (Wildman–Crippen LogP) is 15.8. The van der Waals surface area contributed by atoms with E-state index in [1.54, 1.807) is 6.07 Å². The number of aromatic hydroxyl groups is 2. The highest BCUT2D eigenvalue weighted by Gasteiger charge is 2.09. The van der Waals surface area contributed by atoms with Crippen LogP contribution >= 0.6 is 0 Å². The van der Waals surface area contributed by atoms with Crippen LogP contribution in [0.3, 0.4) is 0 Å². The molecule has 52 heavy (non-hydrogen) atoms. The maximum Gasteiger partial charge on any atom is 0.127 e. The normalized spacial score (nSPS) is 14.1. The third-order valence-corrected chi connectivity index (χ3v) is 10.0. The summed E-state index contributed by atoms with van der Waals surface area (Å²) in [6, 6.07) is 9.13. The summed E-state index contributed by atoms with van der Waals surface area (Å²) in [5.41, 5.74) is 12.5. The summed E-state index contributed by atoms with van der Waals surface area (Å²) in [4.78, 5) is 0. The molecule has 0 saturated carbocycles. The second kappa shape index (κ2) is 25.2. The standard InChI is InChI=1S/C50H72O2/c1-38(2)19-12-20-39(3)21-13-22-40(4)23-14-24-41(5)25-15-26-42(6)27-16-28-43(7)29-17-30-44(8)31-18-32-45(9)35-36-46-37-49(51)47-33-10-11-34-48(47)50(46)52/h10-11,19,21,23,25,27,29,31,33-35,37,51-52H,12-18,20,22,24,26,28,30,32,36H2,1-9H3/b39-21+,40-23+,41-25+,42-27+,43-29+,44-31+,45-35+. The fraction of sp³-hybridized carbons (Fsp3) is 0.480. The molecule has 0 aliphatic carbocycles. The highest BCUT2D eigenvalue weighted by molar-refractivity contribution is 5.94. The van der Waals surface area contributed by atoms with E-state index in [0.29, 0.717) is 17.2 Å². The van der Waals surface area contributed by atoms with Gasteiger partial charge in [0.25, 0.3) is 0 Å². The van der Waals surface area contributed by atoms with Crippen molar-refractivity contribution in [2.45, 2.75) is 159 Å². The molecule has 0 aromatic heterocycles. The zero-order valence-corrected chi connectivity index (χ0v) is 34.5. The molecule has 284 valence electrons. The van der Waals surface area contributed by atoms with Gasteiger partial charge in [0.2, 0.25) is 0 Å². The molecule has 2 heteroatoms. The van der Waals surface area contributed by atoms with Crippen molar-refractivity contribution in [1.29, 1.82) is 0 Å². The third-order valence-electron chi connectivity index (χ3n) is 10.0. The molecule has 0 heterocycles. The van der Waals surface area contributed by atoms with Crippen LogP contribution in [-0.4, -0.2) is 10.2 Å². The molecular formula is C50H72O2. The average Bonchev–Trinajstić information content (AvgIpc) is 3.09. The summed E-state index contributed by atoms with van der Waals surface area (Å²) >= 11 is 0. The van der Waals surface area contributed by atoms with Gasteiger partial charge in [0.05, 0.1) is 0 Å². The Morgan fingerprint density at radius 1 is 0.423 bits per heavy atom. The lowest BCUT2D eigenvalue weighted by molar-refractivity contribution is 0.465. The number of phenols is 2. The van der Waals surface area contributed by atoms with Gasteiger partial charge in [-0.15, -0.1) is 0 Å². The Kier molecular flexibility index (Phi) is 21.5. The fourth-order valence-electron chi connectivity index (χ4n) is 6.42. The van der Waals surface area contributed by atoms with Crippen molar-refractivity contribution in [3.8, 4) is 11.5 Å². The van der Waals surface area contributed by atoms with E-state index in [0.717, 1.165) is 76.2 Å². The Hall–Kier alpha value is -3.78. The number of hydrogen-bond acceptors (Lipinski definition) is 2. The molecule has 0 amide bonds. The van der Waals surface area contributed by atoms with Crippen molar-refractivity contribution in [3.63, 3.8) is 0 Å². The monoisotopic (exact) mass is 705 g/mol. The van der Waals surface area contributed by atoms with E-state index in [1.165, 1.54) is 63.8 Å². The second-order valence-corrected chi connectivity index (χ2v) is 15.6. The number of benzene rings is 2. The Bertz CT molecular complexity index is 1640. The molecule has 0 bridgehead atoms. The Balaban J connectivity index is 1.61. The molecular weight excluding hydrogens is 633 g/mol. The van der Waals surface area contributed by atoms with Gasteiger partial charge in [-0.1, -0.05) is 117 Å². The molecule has 2 nitrogen and oxygen atoms in total. The van der Waals surface area contributed by atoms with Crippen molar-refractivity contribution in [3.05, 3.63) is 129 Å². The Labute approximate surface area is 319 Å². The largest absolute Gasteiger partial charge is 0.507 e. The Morgan fingerprint density at radius 3 is 1.08 bits per heavy atom. The molecule has 2 rings (SSSR count). The summed E-state index contributed by atoms with van der Waals surface area (Å²) in [5.74, 6) is 0.486. The van der Waals surface area contributed by atoms with Crippen LogP contribution in [0.5, 0.6) is 11.5 Å². The van der Waals surface area contributed by atoms with Gasteiger partial charge in [-0.2, -0.15) is 0 Å². The van der Waals surface area contributed by atoms with Crippen LogP contribution in [0.4, 0.5) is 0 Å². The first-order chi connectivity index (χ1) is 24.8. The number of fused-ring (bicyclic) bond motifs is 1. The van der Waals surface area contributed by atoms with Crippen LogP contribution in [0.2, 0.25) is 0 Å². The van der Waals surface area contributed by atoms with Crippen LogP contribution in [0.25, 0.3) is 10.8 Å². The van der Waals surface area contributed by atoms with Crippen LogP contribution in [-0.2, 0) is 6.42 Å². The summed E-state index contributed by atoms with van der Waals surface area (Å²) in [6.07, 6.45) is 35.5. The fourth-order valence-corrected chi connectivity index (χ4v) is 6.42. The maximum absolute atomic E-state index is 10.7. The first kappa shape index (κ1) is 44.4. The van der Waals surface area contributed by atoms with E-state index in [9.17, 15) is 10.2 Å². The van der Waals surface area contributed by atoms with E-state index in [2.05, 4.69) is 111 Å². The van der Waals surface area contributed by atoms with Gasteiger partial charge in [-0.25, -0.2) is 0 Å². The third kappa shape index (κ3) is 19.2. The Morgan fingerprint density at radius 2 is 0.731 bits per heavy atom. The van der Waals surface area contributed by atoms with E-state index < -0.39 is 0 Å². The summed E-state index contributed by atoms with van der Waals surface area (Å²) in [5, 5.41) is 22.5. The smallest absolute Gasteiger partial charge is 0.127 e. The van der Waals surface area contributed by atoms with Crippen LogP contribution in [0, 0.1) is 0 Å². The molecule has 0 spiro atoms. The van der Waals surface area contributed by atoms with Gasteiger partial charge >= 0.3 is 0 Å². The van der Waals surface area contributed by atoms with Gasteiger partial charge in [-0.3, -0.25) is 0 Å². The average molecular weight is 705 g/mol. The van der Waals surface area contributed by atoms with E-state index in [-0.39, 0.29) is 11.5 Å². The van der Waals surface area contributed by atoms with Crippen LogP contribution in [0.1, 0.15) is 158 Å². The van der Waals surface area contributed by atoms with Crippen molar-refractivity contribution in [2.24, 2.45) is 0 Å². The van der Waals surface area contributed by atoms with Crippen LogP contribution in [0.15, 0.2) is 124 Å². The maximum atomic E-state index is 10.7. The molecule has 0 fully saturated rings. The minimum atomic E-state index is 0.221. The molecule has 2 aromatic rings. The SMILES string of the molecule is CC(C)=CCC/C(C)=C/CC/C(C)=C/CC/C(C)=C/CC/C(C)=C/CC/C(C)=C/CC/C(C)=C/CC/C(C)=C/Cc1cc(O)c2ccccc2c1O. The van der Waals surface area contributed by atoms with Crippen molar-refractivity contribution in [2.75, 3.05) is 0 Å². The van der Waals surface area contributed by atoms with E-state index in [1.807, 2.05) is 24.3 Å². The zero-order valence-electron chi connectivity index (χ0n) is 34.5. The van der Waals surface area contributed by atoms with Crippen molar-refractivity contribution >= 4 is 10.8 Å². The van der Waals surface area contributed by atoms with Gasteiger partial charge < -0.3 is 10.2 Å². The second-order valence-electron chi connectivity index (χ2n) is 15.6. The van der Waals surface area contributed by atoms with Gasteiger partial charge in [-0.05, 0) is 165 Å². The molecule has 0 radical (unpaired) electrons. The lowest BCUT2D eigenvalue weighted by Gasteiger charge is -2.09. The minimum Gasteiger partial charge on any atom is -0.507 e. The highest BCUT2D eigenvalue weighted by atomic mass is 16.3. The summed E-state index contributed by atoms with van der Waals surface area (Å²) in [7, 11) is 0. The molecule has 0 aliphatic heterocycles. The molecule has 0 atom stereocenters. The van der Waals surface area contributed by atoms with Gasteiger partial charge in [0.15, 0.2) is 0 Å². The van der Waals surface area contributed by atoms with Crippen LogP contribution < -0.4 is 0 Å². The predicted molar refractivity (Wildman–Crippen MR) is 231 cm³/mol. The summed E-state index contributed by atoms with van der Waals surface area (Å²) in [6.45, 7) is 20.2. The van der Waals surface area contributed by atoms with Crippen molar-refractivity contribution < 1.29 is 10.2 Å². The molecule has 0 unspecified atom stereocenters. The number of hydrogen-bond donors (Lipinski definition) is 2. The topological polar surface area (TPSA) is 40.5 Å². The quantitative estimate of drug-likeness (QED) is 0.0893. The lowest BCUT2D eigenvalue weighted by Crippen LogP contribution is -1.88. The van der Waals surface area contributed by atoms with Gasteiger partial charge in [0.1, 0.15) is 11.5 Å². The van der Waals surface area contributed by atoms with Gasteiger partial charge in [0, 0.05) is 16.3 Å². The number of phenolic OH excluding ortho intramolecular Hbond substituents is 2. The van der Waals surface area contributed by atoms with E-state index >= 15 is 0 Å². The highest BCUT2D eigenvalue weighted by Crippen LogP contribution is 2.35. The summed E-state index contributed by atoms with van der Waals surface area (Å²) < 4.78 is 0. The molecule has 0 saturated heterocycles. The first-order valence-corrected chi connectivity index (χ1v) is 20.0. The molecule has 2 aromatic carbocycles. The first-order valence-electron chi connectivity index (χ1n) is 20.0. The lowest BCUT2D eigenvalue weighted by atomic mass is 10.00. The number of allylic oxidation sites excluding steroid dienone is 16. The number of rotatable bonds is 23. The van der Waals surface area contributed by atoms with Crippen molar-refractivity contribution in [1.82, 2.24) is 0 Å². The minimum absolute atomic E-state index is 0.221.